The van der Waals surface area contributed by atoms with E-state index in [0.29, 0.717) is 37.8 Å². The molecule has 32 heavy (non-hydrogen) atoms. The summed E-state index contributed by atoms with van der Waals surface area (Å²) in [4.78, 5) is 39.5. The highest BCUT2D eigenvalue weighted by molar-refractivity contribution is 5.93. The normalized spacial score (nSPS) is 19.2. The van der Waals surface area contributed by atoms with E-state index in [9.17, 15) is 9.59 Å². The van der Waals surface area contributed by atoms with Crippen molar-refractivity contribution in [2.45, 2.75) is 18.9 Å². The third-order valence-corrected chi connectivity index (χ3v) is 5.97. The molecule has 1 aromatic heterocycles. The number of anilines is 1. The molecule has 4 rings (SSSR count). The Kier molecular flexibility index (Phi) is 6.66. The molecule has 0 spiro atoms. The molecule has 0 aliphatic carbocycles. The summed E-state index contributed by atoms with van der Waals surface area (Å²) in [7, 11) is 3.77. The lowest BCUT2D eigenvalue weighted by Crippen LogP contribution is -2.46. The Labute approximate surface area is 188 Å². The molecule has 2 amide bonds. The second-order valence-electron chi connectivity index (χ2n) is 8.49. The van der Waals surface area contributed by atoms with E-state index in [0.717, 1.165) is 42.8 Å². The molecule has 0 bridgehead atoms. The zero-order valence-electron chi connectivity index (χ0n) is 18.7. The van der Waals surface area contributed by atoms with Crippen molar-refractivity contribution in [2.24, 2.45) is 5.73 Å². The Morgan fingerprint density at radius 1 is 1.16 bits per heavy atom. The quantitative estimate of drug-likeness (QED) is 0.725. The van der Waals surface area contributed by atoms with Crippen molar-refractivity contribution < 1.29 is 14.3 Å². The lowest BCUT2D eigenvalue weighted by atomic mass is 10.00. The number of likely N-dealkylation sites (tertiary alicyclic amines) is 1. The van der Waals surface area contributed by atoms with Crippen molar-refractivity contribution in [1.29, 1.82) is 0 Å². The largest absolute Gasteiger partial charge is 0.368 e. The predicted molar refractivity (Wildman–Crippen MR) is 121 cm³/mol. The molecule has 0 saturated carbocycles. The number of hydrogen-bond donors (Lipinski definition) is 1. The summed E-state index contributed by atoms with van der Waals surface area (Å²) in [6.45, 7) is 3.92. The molecule has 1 aromatic carbocycles. The van der Waals surface area contributed by atoms with Gasteiger partial charge in [0.1, 0.15) is 6.10 Å². The number of aromatic nitrogens is 2. The van der Waals surface area contributed by atoms with Crippen molar-refractivity contribution in [3.63, 3.8) is 0 Å². The Morgan fingerprint density at radius 2 is 1.88 bits per heavy atom. The van der Waals surface area contributed by atoms with E-state index in [1.807, 2.05) is 36.0 Å². The van der Waals surface area contributed by atoms with Gasteiger partial charge in [0.15, 0.2) is 0 Å². The number of morpholine rings is 1. The third-order valence-electron chi connectivity index (χ3n) is 5.97. The summed E-state index contributed by atoms with van der Waals surface area (Å²) in [5.41, 5.74) is 8.21. The first-order valence-electron chi connectivity index (χ1n) is 11.0. The number of benzene rings is 1. The molecule has 1 atom stereocenters. The zero-order chi connectivity index (χ0) is 22.7. The molecule has 2 aromatic rings. The molecular weight excluding hydrogens is 408 g/mol. The highest BCUT2D eigenvalue weighted by Gasteiger charge is 2.30. The first kappa shape index (κ1) is 22.2. The summed E-state index contributed by atoms with van der Waals surface area (Å²) < 4.78 is 6.08. The van der Waals surface area contributed by atoms with Crippen molar-refractivity contribution in [2.75, 3.05) is 58.3 Å². The molecule has 0 radical (unpaired) electrons. The highest BCUT2D eigenvalue weighted by Crippen LogP contribution is 2.32. The fourth-order valence-corrected chi connectivity index (χ4v) is 4.16. The maximum atomic E-state index is 12.9. The standard InChI is InChI=1S/C23H30N6O3/c1-27(2)23-25-13-18(16-5-7-17(8-6-16)22(24)31)21(26-23)19-14-29(11-12-32-19)20(30)15-28-9-3-4-10-28/h5-8,13,19H,3-4,9-12,14-15H2,1-2H3,(H2,24,31)/t19-/m1/s1. The monoisotopic (exact) mass is 438 g/mol. The van der Waals surface area contributed by atoms with Gasteiger partial charge in [-0.05, 0) is 43.6 Å². The van der Waals surface area contributed by atoms with E-state index in [1.54, 1.807) is 18.3 Å². The average molecular weight is 439 g/mol. The first-order valence-corrected chi connectivity index (χ1v) is 11.0. The topological polar surface area (TPSA) is 105 Å². The van der Waals surface area contributed by atoms with E-state index < -0.39 is 5.91 Å². The number of nitrogens with zero attached hydrogens (tertiary/aromatic N) is 5. The molecule has 2 fully saturated rings. The van der Waals surface area contributed by atoms with Crippen molar-refractivity contribution in [3.8, 4) is 11.1 Å². The van der Waals surface area contributed by atoms with E-state index in [-0.39, 0.29) is 12.0 Å². The van der Waals surface area contributed by atoms with Crippen LogP contribution in [0.5, 0.6) is 0 Å². The van der Waals surface area contributed by atoms with Crippen LogP contribution in [-0.2, 0) is 9.53 Å². The SMILES string of the molecule is CN(C)c1ncc(-c2ccc(C(N)=O)cc2)c([C@H]2CN(C(=O)CN3CCCC3)CCO2)n1. The minimum atomic E-state index is -0.473. The maximum Gasteiger partial charge on any atom is 0.248 e. The van der Waals surface area contributed by atoms with Crippen LogP contribution in [0, 0.1) is 0 Å². The summed E-state index contributed by atoms with van der Waals surface area (Å²) in [5.74, 6) is 0.231. The predicted octanol–water partition coefficient (Wildman–Crippen LogP) is 1.30. The Morgan fingerprint density at radius 3 is 2.53 bits per heavy atom. The molecule has 3 heterocycles. The van der Waals surface area contributed by atoms with Crippen LogP contribution >= 0.6 is 0 Å². The minimum Gasteiger partial charge on any atom is -0.368 e. The van der Waals surface area contributed by atoms with E-state index in [2.05, 4.69) is 9.88 Å². The molecule has 0 unspecified atom stereocenters. The Hall–Kier alpha value is -3.04. The molecule has 170 valence electrons. The van der Waals surface area contributed by atoms with Crippen LogP contribution in [0.15, 0.2) is 30.5 Å². The number of carbonyl (C=O) groups is 2. The van der Waals surface area contributed by atoms with E-state index in [1.165, 1.54) is 0 Å². The maximum absolute atomic E-state index is 12.9. The van der Waals surface area contributed by atoms with Gasteiger partial charge in [-0.2, -0.15) is 0 Å². The molecule has 2 N–H and O–H groups in total. The second-order valence-corrected chi connectivity index (χ2v) is 8.49. The van der Waals surface area contributed by atoms with Crippen LogP contribution in [0.2, 0.25) is 0 Å². The third kappa shape index (κ3) is 4.89. The van der Waals surface area contributed by atoms with E-state index >= 15 is 0 Å². The number of rotatable bonds is 6. The van der Waals surface area contributed by atoms with Crippen LogP contribution < -0.4 is 10.6 Å². The molecule has 9 nitrogen and oxygen atoms in total. The summed E-state index contributed by atoms with van der Waals surface area (Å²) in [6, 6.07) is 7.04. The lowest BCUT2D eigenvalue weighted by molar-refractivity contribution is -0.140. The lowest BCUT2D eigenvalue weighted by Gasteiger charge is -2.34. The van der Waals surface area contributed by atoms with Gasteiger partial charge in [0.2, 0.25) is 17.8 Å². The summed E-state index contributed by atoms with van der Waals surface area (Å²) in [5, 5.41) is 0. The van der Waals surface area contributed by atoms with Crippen molar-refractivity contribution >= 4 is 17.8 Å². The summed E-state index contributed by atoms with van der Waals surface area (Å²) in [6.07, 6.45) is 3.72. The van der Waals surface area contributed by atoms with Crippen LogP contribution in [0.4, 0.5) is 5.95 Å². The van der Waals surface area contributed by atoms with Crippen LogP contribution in [-0.4, -0.2) is 85.0 Å². The van der Waals surface area contributed by atoms with Gasteiger partial charge in [-0.25, -0.2) is 9.97 Å². The number of nitrogens with two attached hydrogens (primary N) is 1. The van der Waals surface area contributed by atoms with Gasteiger partial charge in [-0.15, -0.1) is 0 Å². The highest BCUT2D eigenvalue weighted by atomic mass is 16.5. The van der Waals surface area contributed by atoms with Crippen molar-refractivity contribution in [3.05, 3.63) is 41.7 Å². The molecule has 2 aliphatic rings. The van der Waals surface area contributed by atoms with Gasteiger partial charge in [0, 0.05) is 38.0 Å². The number of amides is 2. The Bertz CT molecular complexity index is 972. The zero-order valence-corrected chi connectivity index (χ0v) is 18.7. The summed E-state index contributed by atoms with van der Waals surface area (Å²) >= 11 is 0. The molecule has 2 saturated heterocycles. The van der Waals surface area contributed by atoms with Gasteiger partial charge >= 0.3 is 0 Å². The molecular formula is C23H30N6O3. The first-order chi connectivity index (χ1) is 15.4. The number of primary amides is 1. The second kappa shape index (κ2) is 9.62. The van der Waals surface area contributed by atoms with E-state index in [4.69, 9.17) is 15.5 Å². The minimum absolute atomic E-state index is 0.134. The van der Waals surface area contributed by atoms with Crippen LogP contribution in [0.25, 0.3) is 11.1 Å². The molecule has 9 heteroatoms. The Balaban J connectivity index is 1.60. The molecule has 2 aliphatic heterocycles. The fourth-order valence-electron chi connectivity index (χ4n) is 4.16. The van der Waals surface area contributed by atoms with Gasteiger partial charge in [0.05, 0.1) is 25.4 Å². The van der Waals surface area contributed by atoms with Gasteiger partial charge in [-0.3, -0.25) is 14.5 Å². The average Bonchev–Trinajstić information content (AvgIpc) is 3.32. The smallest absolute Gasteiger partial charge is 0.248 e. The van der Waals surface area contributed by atoms with Gasteiger partial charge in [0.25, 0.3) is 0 Å². The number of carbonyl (C=O) groups excluding carboxylic acids is 2. The van der Waals surface area contributed by atoms with Gasteiger partial charge < -0.3 is 20.3 Å². The number of hydrogen-bond acceptors (Lipinski definition) is 7. The number of ether oxygens (including phenoxy) is 1. The van der Waals surface area contributed by atoms with Crippen LogP contribution in [0.1, 0.15) is 35.0 Å². The fraction of sp³-hybridized carbons (Fsp3) is 0.478. The van der Waals surface area contributed by atoms with Crippen molar-refractivity contribution in [1.82, 2.24) is 19.8 Å². The van der Waals surface area contributed by atoms with Gasteiger partial charge in [-0.1, -0.05) is 12.1 Å². The van der Waals surface area contributed by atoms with Crippen LogP contribution in [0.3, 0.4) is 0 Å².